The Morgan fingerprint density at radius 3 is 2.70 bits per heavy atom. The predicted molar refractivity (Wildman–Crippen MR) is 75.9 cm³/mol. The fourth-order valence-corrected chi connectivity index (χ4v) is 3.74. The molecule has 2 saturated heterocycles. The van der Waals surface area contributed by atoms with Crippen LogP contribution >= 0.6 is 0 Å². The standard InChI is InChI=1S/C16H21N3O/c20-16-9-15-14(19(16)11-12-1-2-12)5-8-18(15)10-13-3-6-17-7-4-13/h3-4,6-7,12,14-15H,1-2,5,8-11H2. The van der Waals surface area contributed by atoms with E-state index in [1.807, 2.05) is 12.4 Å². The Bertz CT molecular complexity index is 500. The molecule has 20 heavy (non-hydrogen) atoms. The quantitative estimate of drug-likeness (QED) is 0.836. The topological polar surface area (TPSA) is 36.4 Å². The van der Waals surface area contributed by atoms with Crippen LogP contribution in [-0.2, 0) is 11.3 Å². The van der Waals surface area contributed by atoms with Crippen LogP contribution in [0, 0.1) is 5.92 Å². The van der Waals surface area contributed by atoms with E-state index in [0.29, 0.717) is 18.0 Å². The van der Waals surface area contributed by atoms with Gasteiger partial charge in [-0.25, -0.2) is 0 Å². The number of fused-ring (bicyclic) bond motifs is 1. The summed E-state index contributed by atoms with van der Waals surface area (Å²) in [5.41, 5.74) is 1.30. The molecule has 1 amide bonds. The number of carbonyl (C=O) groups is 1. The van der Waals surface area contributed by atoms with Crippen LogP contribution in [-0.4, -0.2) is 45.9 Å². The zero-order valence-corrected chi connectivity index (χ0v) is 11.7. The molecule has 2 aliphatic heterocycles. The highest BCUT2D eigenvalue weighted by Crippen LogP contribution is 2.37. The van der Waals surface area contributed by atoms with Crippen molar-refractivity contribution in [2.75, 3.05) is 13.1 Å². The number of nitrogens with zero attached hydrogens (tertiary/aromatic N) is 3. The van der Waals surface area contributed by atoms with Gasteiger partial charge in [0.25, 0.3) is 0 Å². The van der Waals surface area contributed by atoms with Gasteiger partial charge in [0, 0.05) is 50.5 Å². The third-order valence-electron chi connectivity index (χ3n) is 5.02. The number of aromatic nitrogens is 1. The first-order chi connectivity index (χ1) is 9.81. The number of amides is 1. The van der Waals surface area contributed by atoms with Gasteiger partial charge in [-0.2, -0.15) is 0 Å². The number of likely N-dealkylation sites (tertiary alicyclic amines) is 2. The van der Waals surface area contributed by atoms with Gasteiger partial charge in [-0.3, -0.25) is 14.7 Å². The Kier molecular flexibility index (Phi) is 2.99. The van der Waals surface area contributed by atoms with Gasteiger partial charge >= 0.3 is 0 Å². The van der Waals surface area contributed by atoms with E-state index in [1.54, 1.807) is 0 Å². The summed E-state index contributed by atoms with van der Waals surface area (Å²) in [5, 5.41) is 0. The zero-order valence-electron chi connectivity index (χ0n) is 11.7. The molecule has 1 aromatic heterocycles. The summed E-state index contributed by atoms with van der Waals surface area (Å²) in [6.07, 6.45) is 8.21. The van der Waals surface area contributed by atoms with E-state index in [1.165, 1.54) is 18.4 Å². The number of pyridine rings is 1. The lowest BCUT2D eigenvalue weighted by molar-refractivity contribution is -0.129. The maximum Gasteiger partial charge on any atom is 0.224 e. The lowest BCUT2D eigenvalue weighted by Gasteiger charge is -2.25. The molecule has 106 valence electrons. The van der Waals surface area contributed by atoms with Crippen LogP contribution in [0.15, 0.2) is 24.5 Å². The molecule has 0 spiro atoms. The number of hydrogen-bond donors (Lipinski definition) is 0. The summed E-state index contributed by atoms with van der Waals surface area (Å²) in [5.74, 6) is 1.18. The van der Waals surface area contributed by atoms with Gasteiger partial charge in [0.15, 0.2) is 0 Å². The second-order valence-electron chi connectivity index (χ2n) is 6.44. The third-order valence-corrected chi connectivity index (χ3v) is 5.02. The SMILES string of the molecule is O=C1CC2C(CCN2Cc2ccncc2)N1CC1CC1. The Balaban J connectivity index is 1.45. The molecule has 1 saturated carbocycles. The van der Waals surface area contributed by atoms with Crippen molar-refractivity contribution in [3.05, 3.63) is 30.1 Å². The maximum absolute atomic E-state index is 12.2. The van der Waals surface area contributed by atoms with Crippen LogP contribution in [0.2, 0.25) is 0 Å². The van der Waals surface area contributed by atoms with E-state index in [2.05, 4.69) is 26.9 Å². The van der Waals surface area contributed by atoms with E-state index in [-0.39, 0.29) is 0 Å². The van der Waals surface area contributed by atoms with Crippen LogP contribution in [0.3, 0.4) is 0 Å². The number of hydrogen-bond acceptors (Lipinski definition) is 3. The lowest BCUT2D eigenvalue weighted by Crippen LogP contribution is -2.38. The molecule has 1 aromatic rings. The Morgan fingerprint density at radius 2 is 1.95 bits per heavy atom. The molecule has 4 rings (SSSR count). The van der Waals surface area contributed by atoms with Gasteiger partial charge < -0.3 is 4.90 Å². The van der Waals surface area contributed by atoms with Crippen molar-refractivity contribution >= 4 is 5.91 Å². The van der Waals surface area contributed by atoms with Crippen molar-refractivity contribution < 1.29 is 4.79 Å². The van der Waals surface area contributed by atoms with E-state index < -0.39 is 0 Å². The van der Waals surface area contributed by atoms with Crippen LogP contribution in [0.4, 0.5) is 0 Å². The van der Waals surface area contributed by atoms with E-state index in [9.17, 15) is 4.79 Å². The largest absolute Gasteiger partial charge is 0.338 e. The van der Waals surface area contributed by atoms with Crippen LogP contribution in [0.25, 0.3) is 0 Å². The minimum atomic E-state index is 0.381. The van der Waals surface area contributed by atoms with Crippen molar-refractivity contribution in [1.82, 2.24) is 14.8 Å². The van der Waals surface area contributed by atoms with Crippen LogP contribution < -0.4 is 0 Å². The fraction of sp³-hybridized carbons (Fsp3) is 0.625. The maximum atomic E-state index is 12.2. The molecule has 0 N–H and O–H groups in total. The summed E-state index contributed by atoms with van der Waals surface area (Å²) in [4.78, 5) is 21.0. The van der Waals surface area contributed by atoms with Crippen molar-refractivity contribution in [2.24, 2.45) is 5.92 Å². The average Bonchev–Trinajstić information content (AvgIpc) is 3.13. The molecule has 0 radical (unpaired) electrons. The smallest absolute Gasteiger partial charge is 0.224 e. The molecule has 0 aromatic carbocycles. The molecule has 0 bridgehead atoms. The molecule has 1 aliphatic carbocycles. The first-order valence-corrected chi connectivity index (χ1v) is 7.73. The molecular formula is C16H21N3O. The highest BCUT2D eigenvalue weighted by Gasteiger charge is 2.47. The predicted octanol–water partition coefficient (Wildman–Crippen LogP) is 1.67. The summed E-state index contributed by atoms with van der Waals surface area (Å²) in [7, 11) is 0. The molecule has 3 fully saturated rings. The Morgan fingerprint density at radius 1 is 1.15 bits per heavy atom. The molecule has 3 heterocycles. The fourth-order valence-electron chi connectivity index (χ4n) is 3.74. The summed E-state index contributed by atoms with van der Waals surface area (Å²) < 4.78 is 0. The molecule has 3 aliphatic rings. The lowest BCUT2D eigenvalue weighted by atomic mass is 10.1. The van der Waals surface area contributed by atoms with Gasteiger partial charge in [0.2, 0.25) is 5.91 Å². The molecular weight excluding hydrogens is 250 g/mol. The number of rotatable bonds is 4. The first-order valence-electron chi connectivity index (χ1n) is 7.73. The Labute approximate surface area is 119 Å². The highest BCUT2D eigenvalue weighted by molar-refractivity contribution is 5.80. The molecule has 2 unspecified atom stereocenters. The monoisotopic (exact) mass is 271 g/mol. The average molecular weight is 271 g/mol. The number of carbonyl (C=O) groups excluding carboxylic acids is 1. The molecule has 4 nitrogen and oxygen atoms in total. The van der Waals surface area contributed by atoms with Crippen molar-refractivity contribution in [2.45, 2.75) is 44.3 Å². The van der Waals surface area contributed by atoms with E-state index >= 15 is 0 Å². The van der Waals surface area contributed by atoms with Crippen LogP contribution in [0.5, 0.6) is 0 Å². The second kappa shape index (κ2) is 4.85. The molecule has 4 heteroatoms. The summed E-state index contributed by atoms with van der Waals surface area (Å²) >= 11 is 0. The summed E-state index contributed by atoms with van der Waals surface area (Å²) in [6, 6.07) is 5.07. The van der Waals surface area contributed by atoms with Crippen molar-refractivity contribution in [3.8, 4) is 0 Å². The van der Waals surface area contributed by atoms with E-state index in [0.717, 1.165) is 38.4 Å². The van der Waals surface area contributed by atoms with Gasteiger partial charge in [0.05, 0.1) is 0 Å². The highest BCUT2D eigenvalue weighted by atomic mass is 16.2. The van der Waals surface area contributed by atoms with Gasteiger partial charge in [-0.15, -0.1) is 0 Å². The van der Waals surface area contributed by atoms with Crippen molar-refractivity contribution in [3.63, 3.8) is 0 Å². The zero-order chi connectivity index (χ0) is 13.5. The third kappa shape index (κ3) is 2.22. The second-order valence-corrected chi connectivity index (χ2v) is 6.44. The Hall–Kier alpha value is -1.42. The minimum Gasteiger partial charge on any atom is -0.338 e. The van der Waals surface area contributed by atoms with Gasteiger partial charge in [0.1, 0.15) is 0 Å². The van der Waals surface area contributed by atoms with E-state index in [4.69, 9.17) is 0 Å². The van der Waals surface area contributed by atoms with Gasteiger partial charge in [-0.1, -0.05) is 0 Å². The minimum absolute atomic E-state index is 0.381. The van der Waals surface area contributed by atoms with Gasteiger partial charge in [-0.05, 0) is 42.9 Å². The summed E-state index contributed by atoms with van der Waals surface area (Å²) in [6.45, 7) is 3.09. The normalized spacial score (nSPS) is 30.0. The van der Waals surface area contributed by atoms with Crippen LogP contribution in [0.1, 0.15) is 31.2 Å². The molecule has 2 atom stereocenters. The van der Waals surface area contributed by atoms with Crippen molar-refractivity contribution in [1.29, 1.82) is 0 Å². The first kappa shape index (κ1) is 12.3.